The fourth-order valence-electron chi connectivity index (χ4n) is 10.5. The van der Waals surface area contributed by atoms with Gasteiger partial charge in [-0.2, -0.15) is 0 Å². The maximum absolute atomic E-state index is 15.6. The molecule has 4 fully saturated rings. The van der Waals surface area contributed by atoms with Crippen LogP contribution in [0.2, 0.25) is 0 Å². The second-order valence-corrected chi connectivity index (χ2v) is 18.6. The zero-order valence-electron chi connectivity index (χ0n) is 36.9. The van der Waals surface area contributed by atoms with Crippen LogP contribution in [0.4, 0.5) is 9.59 Å². The lowest BCUT2D eigenvalue weighted by molar-refractivity contribution is -0.345. The molecule has 3 N–H and O–H groups in total. The second kappa shape index (κ2) is 16.3. The Labute approximate surface area is 368 Å². The third kappa shape index (κ3) is 7.38. The van der Waals surface area contributed by atoms with Gasteiger partial charge in [0, 0.05) is 25.7 Å². The van der Waals surface area contributed by atoms with Gasteiger partial charge < -0.3 is 53.4 Å². The standard InChI is InChI=1S/C46H53NO17/c1-22-29-33(58-23(2)48)35(52)44(9)27(50)20-28-45(21-57-28,62-24(3)49)34(44)37(60-38(53)26-18-14-11-15-19-26)46(43(29,7)8)36(61-41(56)64-46)32(22)59-39(54)31(51)30(25-16-12-10-13-17-25)47-40(55)63-42(4,5)6/h10-19,27-28,30-34,36-37,50-51H,20-21H2,1-9H3,(H,47,55)/t27-,28+,30-,31+,32+,33+,34?,36?,37?,44+,45-,46?/m0/s1. The number of esters is 4. The number of ketones is 1. The Bertz CT molecular complexity index is 2270. The van der Waals surface area contributed by atoms with Crippen LogP contribution in [-0.4, -0.2) is 118 Å². The number of hydrogen-bond donors (Lipinski definition) is 3. The Morgan fingerprint density at radius 3 is 2.08 bits per heavy atom. The molecule has 2 bridgehead atoms. The summed E-state index contributed by atoms with van der Waals surface area (Å²) in [4.78, 5) is 97.9. The molecule has 2 aromatic rings. The summed E-state index contributed by atoms with van der Waals surface area (Å²) >= 11 is 0. The number of amides is 1. The van der Waals surface area contributed by atoms with Crippen molar-refractivity contribution in [2.24, 2.45) is 16.7 Å². The minimum absolute atomic E-state index is 0.0143. The molecule has 2 saturated heterocycles. The van der Waals surface area contributed by atoms with Crippen molar-refractivity contribution >= 4 is 41.9 Å². The quantitative estimate of drug-likeness (QED) is 0.183. The Morgan fingerprint density at radius 2 is 1.52 bits per heavy atom. The van der Waals surface area contributed by atoms with E-state index in [1.54, 1.807) is 69.3 Å². The number of aliphatic hydroxyl groups excluding tert-OH is 2. The van der Waals surface area contributed by atoms with Gasteiger partial charge in [0.05, 0.1) is 35.6 Å². The Balaban J connectivity index is 1.46. The Hall–Kier alpha value is -5.85. The molecule has 0 aromatic heterocycles. The number of Topliss-reactive ketones (excluding diaryl/α,β-unsaturated/α-hetero) is 1. The smallest absolute Gasteiger partial charge is 0.454 e. The van der Waals surface area contributed by atoms with Crippen LogP contribution >= 0.6 is 0 Å². The zero-order valence-corrected chi connectivity index (χ0v) is 36.9. The minimum atomic E-state index is -2.39. The van der Waals surface area contributed by atoms with Gasteiger partial charge in [0.15, 0.2) is 41.9 Å². The molecule has 344 valence electrons. The van der Waals surface area contributed by atoms with E-state index in [1.165, 1.54) is 39.8 Å². The molecule has 2 saturated carbocycles. The molecule has 64 heavy (non-hydrogen) atoms. The fraction of sp³-hybridized carbons (Fsp3) is 0.543. The van der Waals surface area contributed by atoms with Crippen molar-refractivity contribution in [3.05, 3.63) is 82.9 Å². The number of hydrogen-bond acceptors (Lipinski definition) is 17. The van der Waals surface area contributed by atoms with Crippen molar-refractivity contribution in [1.29, 1.82) is 0 Å². The first-order valence-electron chi connectivity index (χ1n) is 20.9. The largest absolute Gasteiger partial charge is 0.509 e. The van der Waals surface area contributed by atoms with Crippen LogP contribution in [0, 0.1) is 16.7 Å². The van der Waals surface area contributed by atoms with Crippen molar-refractivity contribution in [2.75, 3.05) is 6.61 Å². The van der Waals surface area contributed by atoms with Crippen molar-refractivity contribution in [3.63, 3.8) is 0 Å². The average molecular weight is 892 g/mol. The molecule has 18 heteroatoms. The van der Waals surface area contributed by atoms with Gasteiger partial charge in [-0.3, -0.25) is 14.4 Å². The van der Waals surface area contributed by atoms with Crippen molar-refractivity contribution in [1.82, 2.24) is 5.32 Å². The maximum Gasteiger partial charge on any atom is 0.509 e. The Morgan fingerprint density at radius 1 is 0.891 bits per heavy atom. The lowest BCUT2D eigenvalue weighted by Crippen LogP contribution is -2.83. The average Bonchev–Trinajstić information content (AvgIpc) is 3.58. The van der Waals surface area contributed by atoms with E-state index in [-0.39, 0.29) is 35.3 Å². The van der Waals surface area contributed by atoms with Gasteiger partial charge in [0.1, 0.15) is 11.7 Å². The van der Waals surface area contributed by atoms with E-state index in [4.69, 9.17) is 37.9 Å². The number of aliphatic hydroxyl groups is 2. The molecular formula is C46H53NO17. The molecule has 2 aliphatic heterocycles. The molecule has 4 unspecified atom stereocenters. The van der Waals surface area contributed by atoms with Crippen molar-refractivity contribution < 1.29 is 81.7 Å². The van der Waals surface area contributed by atoms with Gasteiger partial charge in [-0.1, -0.05) is 62.4 Å². The van der Waals surface area contributed by atoms with Gasteiger partial charge in [-0.15, -0.1) is 0 Å². The highest BCUT2D eigenvalue weighted by Gasteiger charge is 2.83. The van der Waals surface area contributed by atoms with Crippen LogP contribution in [0.15, 0.2) is 71.8 Å². The number of benzene rings is 2. The van der Waals surface area contributed by atoms with Crippen LogP contribution in [0.25, 0.3) is 0 Å². The summed E-state index contributed by atoms with van der Waals surface area (Å²) < 4.78 is 48.3. The van der Waals surface area contributed by atoms with Gasteiger partial charge >= 0.3 is 36.1 Å². The monoisotopic (exact) mass is 891 g/mol. The summed E-state index contributed by atoms with van der Waals surface area (Å²) in [6.45, 7) is 12.6. The first kappa shape index (κ1) is 46.2. The number of nitrogens with one attached hydrogen (secondary N) is 1. The molecule has 2 aromatic carbocycles. The van der Waals surface area contributed by atoms with Crippen LogP contribution in [0.1, 0.15) is 90.7 Å². The fourth-order valence-corrected chi connectivity index (χ4v) is 10.5. The molecular weight excluding hydrogens is 838 g/mol. The predicted molar refractivity (Wildman–Crippen MR) is 218 cm³/mol. The van der Waals surface area contributed by atoms with E-state index in [0.29, 0.717) is 0 Å². The van der Waals surface area contributed by atoms with E-state index >= 15 is 4.79 Å². The first-order chi connectivity index (χ1) is 29.9. The predicted octanol–water partition coefficient (Wildman–Crippen LogP) is 3.98. The molecule has 3 aliphatic carbocycles. The number of carbonyl (C=O) groups is 7. The van der Waals surface area contributed by atoms with Gasteiger partial charge in [-0.05, 0) is 63.5 Å². The maximum atomic E-state index is 15.6. The number of fused-ring (bicyclic) bond motifs is 4. The number of alkyl carbamates (subject to hydrolysis) is 1. The third-order valence-corrected chi connectivity index (χ3v) is 13.3. The molecule has 5 aliphatic rings. The van der Waals surface area contributed by atoms with Gasteiger partial charge in [0.25, 0.3) is 0 Å². The van der Waals surface area contributed by atoms with E-state index in [9.17, 15) is 39.0 Å². The molecule has 1 amide bonds. The zero-order chi connectivity index (χ0) is 46.9. The molecule has 12 atom stereocenters. The van der Waals surface area contributed by atoms with Gasteiger partial charge in [-0.25, -0.2) is 19.2 Å². The van der Waals surface area contributed by atoms with Crippen LogP contribution in [0.5, 0.6) is 0 Å². The molecule has 1 spiro atoms. The lowest BCUT2D eigenvalue weighted by atomic mass is 9.44. The third-order valence-electron chi connectivity index (χ3n) is 13.3. The molecule has 0 radical (unpaired) electrons. The summed E-state index contributed by atoms with van der Waals surface area (Å²) in [6.07, 6.45) is -14.9. The minimum Gasteiger partial charge on any atom is -0.454 e. The number of carbonyl (C=O) groups excluding carboxylic acids is 7. The number of rotatable bonds is 9. The van der Waals surface area contributed by atoms with Crippen LogP contribution < -0.4 is 5.32 Å². The normalized spacial score (nSPS) is 33.3. The van der Waals surface area contributed by atoms with E-state index in [1.807, 2.05) is 0 Å². The van der Waals surface area contributed by atoms with Crippen LogP contribution in [0.3, 0.4) is 0 Å². The summed E-state index contributed by atoms with van der Waals surface area (Å²) in [5.74, 6) is -6.68. The summed E-state index contributed by atoms with van der Waals surface area (Å²) in [6, 6.07) is 14.2. The summed E-state index contributed by atoms with van der Waals surface area (Å²) in [5.41, 5.74) is -8.89. The van der Waals surface area contributed by atoms with Crippen molar-refractivity contribution in [2.45, 2.75) is 134 Å². The summed E-state index contributed by atoms with van der Waals surface area (Å²) in [5, 5.41) is 26.5. The van der Waals surface area contributed by atoms with Gasteiger partial charge in [0.2, 0.25) is 5.60 Å². The Kier molecular flexibility index (Phi) is 11.8. The highest BCUT2D eigenvalue weighted by molar-refractivity contribution is 5.96. The topological polar surface area (TPSA) is 246 Å². The van der Waals surface area contributed by atoms with E-state index < -0.39 is 124 Å². The molecule has 18 nitrogen and oxygen atoms in total. The van der Waals surface area contributed by atoms with E-state index in [2.05, 4.69) is 5.32 Å². The van der Waals surface area contributed by atoms with Crippen molar-refractivity contribution in [3.8, 4) is 0 Å². The molecule has 7 rings (SSSR count). The highest BCUT2D eigenvalue weighted by Crippen LogP contribution is 2.67. The second-order valence-electron chi connectivity index (χ2n) is 18.6. The molecule has 2 heterocycles. The number of ether oxygens (including phenoxy) is 8. The first-order valence-corrected chi connectivity index (χ1v) is 20.9. The van der Waals surface area contributed by atoms with E-state index in [0.717, 1.165) is 13.8 Å². The van der Waals surface area contributed by atoms with Crippen LogP contribution in [-0.2, 0) is 57.1 Å². The highest BCUT2D eigenvalue weighted by atomic mass is 16.8. The SMILES string of the molecule is CC(=O)O[C@H]1C(=O)[C@@]2(C)C(C(OC(=O)c3ccccc3)C34OC(=O)OC3[C@H](OC(=O)[C@H](O)[C@@H](NC(=O)OC(C)(C)C)c3ccccc3)C(C)=C1C4(C)C)[C@]1(OC(C)=O)CO[C@@H]1C[C@@H]2O. The lowest BCUT2D eigenvalue weighted by Gasteiger charge is -2.67. The summed E-state index contributed by atoms with van der Waals surface area (Å²) in [7, 11) is 0.